The van der Waals surface area contributed by atoms with Gasteiger partial charge in [-0.1, -0.05) is 30.7 Å². The van der Waals surface area contributed by atoms with Crippen molar-refractivity contribution >= 4 is 17.5 Å². The van der Waals surface area contributed by atoms with E-state index in [9.17, 15) is 9.90 Å². The summed E-state index contributed by atoms with van der Waals surface area (Å²) >= 11 is 5.78. The van der Waals surface area contributed by atoms with Crippen molar-refractivity contribution in [3.05, 3.63) is 34.9 Å². The summed E-state index contributed by atoms with van der Waals surface area (Å²) in [5.74, 6) is 0.272. The topological polar surface area (TPSA) is 49.3 Å². The number of carbonyl (C=O) groups is 1. The van der Waals surface area contributed by atoms with Gasteiger partial charge in [0, 0.05) is 11.6 Å². The zero-order valence-electron chi connectivity index (χ0n) is 10.8. The second-order valence-corrected chi connectivity index (χ2v) is 5.23. The molecule has 2 unspecified atom stereocenters. The van der Waals surface area contributed by atoms with Gasteiger partial charge in [-0.2, -0.15) is 0 Å². The average Bonchev–Trinajstić information content (AvgIpc) is 2.29. The first kappa shape index (κ1) is 15.0. The van der Waals surface area contributed by atoms with Gasteiger partial charge in [0.25, 0.3) is 0 Å². The second-order valence-electron chi connectivity index (χ2n) is 4.80. The number of aliphatic hydroxyl groups is 1. The van der Waals surface area contributed by atoms with Crippen molar-refractivity contribution in [2.24, 2.45) is 5.92 Å². The molecule has 0 aliphatic rings. The molecule has 0 aromatic heterocycles. The number of hydrogen-bond donors (Lipinski definition) is 2. The minimum Gasteiger partial charge on any atom is -0.393 e. The van der Waals surface area contributed by atoms with Gasteiger partial charge >= 0.3 is 0 Å². The number of halogens is 1. The van der Waals surface area contributed by atoms with Crippen LogP contribution >= 0.6 is 11.6 Å². The molecule has 2 atom stereocenters. The Balaban J connectivity index is 2.31. The quantitative estimate of drug-likeness (QED) is 0.833. The molecule has 1 aromatic carbocycles. The number of hydrogen-bond acceptors (Lipinski definition) is 2. The maximum Gasteiger partial charge on any atom is 0.224 e. The Bertz CT molecular complexity index is 376. The Morgan fingerprint density at radius 2 is 1.94 bits per heavy atom. The van der Waals surface area contributed by atoms with E-state index in [4.69, 9.17) is 11.6 Å². The molecule has 0 saturated carbocycles. The van der Waals surface area contributed by atoms with Crippen LogP contribution in [0.25, 0.3) is 0 Å². The molecule has 100 valence electrons. The summed E-state index contributed by atoms with van der Waals surface area (Å²) in [6.07, 6.45) is 0.730. The molecule has 0 heterocycles. The third-order valence-corrected chi connectivity index (χ3v) is 2.92. The molecule has 3 nitrogen and oxygen atoms in total. The van der Waals surface area contributed by atoms with Crippen LogP contribution in [0.5, 0.6) is 0 Å². The fraction of sp³-hybridized carbons (Fsp3) is 0.500. The molecule has 0 fully saturated rings. The molecule has 0 aliphatic heterocycles. The van der Waals surface area contributed by atoms with Gasteiger partial charge in [-0.15, -0.1) is 0 Å². The van der Waals surface area contributed by atoms with Gasteiger partial charge in [-0.25, -0.2) is 0 Å². The highest BCUT2D eigenvalue weighted by molar-refractivity contribution is 6.30. The third-order valence-electron chi connectivity index (χ3n) is 2.67. The van der Waals surface area contributed by atoms with E-state index in [0.29, 0.717) is 24.4 Å². The molecule has 4 heteroatoms. The van der Waals surface area contributed by atoms with Crippen LogP contribution in [-0.4, -0.2) is 23.7 Å². The fourth-order valence-corrected chi connectivity index (χ4v) is 1.93. The van der Waals surface area contributed by atoms with Crippen LogP contribution in [0.4, 0.5) is 0 Å². The molecule has 0 spiro atoms. The summed E-state index contributed by atoms with van der Waals surface area (Å²) in [6, 6.07) is 7.25. The van der Waals surface area contributed by atoms with Crippen LogP contribution in [0.1, 0.15) is 25.8 Å². The fourth-order valence-electron chi connectivity index (χ4n) is 1.80. The van der Waals surface area contributed by atoms with Crippen molar-refractivity contribution in [2.45, 2.75) is 32.8 Å². The Hall–Kier alpha value is -1.06. The summed E-state index contributed by atoms with van der Waals surface area (Å²) in [5, 5.41) is 12.8. The van der Waals surface area contributed by atoms with Crippen LogP contribution < -0.4 is 5.32 Å². The number of rotatable bonds is 6. The van der Waals surface area contributed by atoms with E-state index >= 15 is 0 Å². The van der Waals surface area contributed by atoms with Crippen LogP contribution in [-0.2, 0) is 11.2 Å². The van der Waals surface area contributed by atoms with Crippen molar-refractivity contribution in [1.29, 1.82) is 0 Å². The SMILES string of the molecule is CC(O)CC(C)CNC(=O)Cc1ccc(Cl)cc1. The number of amides is 1. The zero-order valence-corrected chi connectivity index (χ0v) is 11.6. The molecule has 2 N–H and O–H groups in total. The summed E-state index contributed by atoms with van der Waals surface area (Å²) in [6.45, 7) is 4.36. The molecule has 1 aromatic rings. The highest BCUT2D eigenvalue weighted by atomic mass is 35.5. The van der Waals surface area contributed by atoms with Crippen molar-refractivity contribution in [2.75, 3.05) is 6.54 Å². The highest BCUT2D eigenvalue weighted by Crippen LogP contribution is 2.10. The minimum absolute atomic E-state index is 0.00485. The summed E-state index contributed by atoms with van der Waals surface area (Å²) in [5.41, 5.74) is 0.945. The molecule has 18 heavy (non-hydrogen) atoms. The van der Waals surface area contributed by atoms with Gasteiger partial charge < -0.3 is 10.4 Å². The molecule has 0 radical (unpaired) electrons. The van der Waals surface area contributed by atoms with E-state index in [1.807, 2.05) is 19.1 Å². The monoisotopic (exact) mass is 269 g/mol. The zero-order chi connectivity index (χ0) is 13.5. The van der Waals surface area contributed by atoms with Crippen LogP contribution in [0.3, 0.4) is 0 Å². The lowest BCUT2D eigenvalue weighted by molar-refractivity contribution is -0.120. The first-order valence-electron chi connectivity index (χ1n) is 6.16. The Morgan fingerprint density at radius 3 is 2.50 bits per heavy atom. The van der Waals surface area contributed by atoms with E-state index in [0.717, 1.165) is 5.56 Å². The lowest BCUT2D eigenvalue weighted by Gasteiger charge is -2.14. The molecular formula is C14H20ClNO2. The van der Waals surface area contributed by atoms with E-state index in [2.05, 4.69) is 5.32 Å². The van der Waals surface area contributed by atoms with Crippen molar-refractivity contribution in [3.63, 3.8) is 0 Å². The van der Waals surface area contributed by atoms with Crippen molar-refractivity contribution in [1.82, 2.24) is 5.32 Å². The number of nitrogens with one attached hydrogen (secondary N) is 1. The Morgan fingerprint density at radius 1 is 1.33 bits per heavy atom. The standard InChI is InChI=1S/C14H20ClNO2/c1-10(7-11(2)17)9-16-14(18)8-12-3-5-13(15)6-4-12/h3-6,10-11,17H,7-9H2,1-2H3,(H,16,18). The van der Waals surface area contributed by atoms with Gasteiger partial charge in [0.15, 0.2) is 0 Å². The maximum absolute atomic E-state index is 11.7. The van der Waals surface area contributed by atoms with Gasteiger partial charge in [0.2, 0.25) is 5.91 Å². The first-order valence-corrected chi connectivity index (χ1v) is 6.54. The second kappa shape index (κ2) is 7.39. The van der Waals surface area contributed by atoms with Crippen molar-refractivity contribution < 1.29 is 9.90 Å². The maximum atomic E-state index is 11.7. The molecular weight excluding hydrogens is 250 g/mol. The third kappa shape index (κ3) is 6.03. The predicted octanol–water partition coefficient (Wildman–Crippen LogP) is 2.41. The average molecular weight is 270 g/mol. The normalized spacial score (nSPS) is 14.0. The predicted molar refractivity (Wildman–Crippen MR) is 73.6 cm³/mol. The molecule has 0 aliphatic carbocycles. The lowest BCUT2D eigenvalue weighted by Crippen LogP contribution is -2.30. The smallest absolute Gasteiger partial charge is 0.224 e. The lowest BCUT2D eigenvalue weighted by atomic mass is 10.0. The van der Waals surface area contributed by atoms with E-state index < -0.39 is 0 Å². The largest absolute Gasteiger partial charge is 0.393 e. The molecule has 1 amide bonds. The summed E-state index contributed by atoms with van der Waals surface area (Å²) in [7, 11) is 0. The van der Waals surface area contributed by atoms with E-state index in [-0.39, 0.29) is 17.9 Å². The van der Waals surface area contributed by atoms with E-state index in [1.165, 1.54) is 0 Å². The van der Waals surface area contributed by atoms with Gasteiger partial charge in [0.1, 0.15) is 0 Å². The van der Waals surface area contributed by atoms with Gasteiger partial charge in [0.05, 0.1) is 12.5 Å². The van der Waals surface area contributed by atoms with Crippen LogP contribution in [0, 0.1) is 5.92 Å². The minimum atomic E-state index is -0.326. The van der Waals surface area contributed by atoms with Crippen LogP contribution in [0.15, 0.2) is 24.3 Å². The van der Waals surface area contributed by atoms with Crippen LogP contribution in [0.2, 0.25) is 5.02 Å². The van der Waals surface area contributed by atoms with Gasteiger partial charge in [-0.3, -0.25) is 4.79 Å². The molecule has 1 rings (SSSR count). The van der Waals surface area contributed by atoms with E-state index in [1.54, 1.807) is 19.1 Å². The highest BCUT2D eigenvalue weighted by Gasteiger charge is 2.08. The number of carbonyl (C=O) groups excluding carboxylic acids is 1. The molecule has 0 bridgehead atoms. The Labute approximate surface area is 113 Å². The molecule has 0 saturated heterocycles. The Kier molecular flexibility index (Phi) is 6.16. The van der Waals surface area contributed by atoms with Gasteiger partial charge in [-0.05, 0) is 37.0 Å². The first-order chi connectivity index (χ1) is 8.47. The van der Waals surface area contributed by atoms with Crippen molar-refractivity contribution in [3.8, 4) is 0 Å². The summed E-state index contributed by atoms with van der Waals surface area (Å²) in [4.78, 5) is 11.7. The summed E-state index contributed by atoms with van der Waals surface area (Å²) < 4.78 is 0. The number of benzene rings is 1. The number of aliphatic hydroxyl groups excluding tert-OH is 1.